The van der Waals surface area contributed by atoms with Gasteiger partial charge in [0.05, 0.1) is 16.2 Å². The summed E-state index contributed by atoms with van der Waals surface area (Å²) in [6.07, 6.45) is 5.32. The van der Waals surface area contributed by atoms with Gasteiger partial charge in [0.1, 0.15) is 0 Å². The van der Waals surface area contributed by atoms with Gasteiger partial charge in [0.25, 0.3) is 0 Å². The van der Waals surface area contributed by atoms with Crippen molar-refractivity contribution in [3.05, 3.63) is 29.8 Å². The Balaban J connectivity index is 2.87. The fourth-order valence-corrected chi connectivity index (χ4v) is 2.77. The summed E-state index contributed by atoms with van der Waals surface area (Å²) in [6.45, 7) is 3.81. The van der Waals surface area contributed by atoms with Gasteiger partial charge in [-0.05, 0) is 26.0 Å². The summed E-state index contributed by atoms with van der Waals surface area (Å²) in [5, 5.41) is 14.5. The lowest BCUT2D eigenvalue weighted by molar-refractivity contribution is 0.318. The van der Waals surface area contributed by atoms with Gasteiger partial charge in [0.2, 0.25) is 0 Å². The van der Waals surface area contributed by atoms with Crippen LogP contribution in [0.2, 0.25) is 0 Å². The number of rotatable bonds is 6. The number of terminal acetylenes is 1. The maximum Gasteiger partial charge on any atom is 0.179 e. The van der Waals surface area contributed by atoms with Crippen LogP contribution in [0, 0.1) is 12.3 Å². The fraction of sp³-hybridized carbons (Fsp3) is 0.357. The van der Waals surface area contributed by atoms with Crippen molar-refractivity contribution in [3.63, 3.8) is 0 Å². The minimum atomic E-state index is -3.48. The molecule has 21 heavy (non-hydrogen) atoms. The highest BCUT2D eigenvalue weighted by Crippen LogP contribution is 2.13. The van der Waals surface area contributed by atoms with Gasteiger partial charge in [-0.2, -0.15) is 0 Å². The molecule has 0 spiro atoms. The van der Waals surface area contributed by atoms with E-state index >= 15 is 0 Å². The van der Waals surface area contributed by atoms with E-state index < -0.39 is 15.4 Å². The highest BCUT2D eigenvalue weighted by atomic mass is 32.2. The van der Waals surface area contributed by atoms with Crippen molar-refractivity contribution in [1.29, 1.82) is 0 Å². The van der Waals surface area contributed by atoms with Crippen LogP contribution in [-0.4, -0.2) is 37.3 Å². The molecule has 0 atom stereocenters. The summed E-state index contributed by atoms with van der Waals surface area (Å²) in [4.78, 5) is 0.118. The number of sulfone groups is 1. The van der Waals surface area contributed by atoms with Crippen molar-refractivity contribution in [2.45, 2.75) is 24.3 Å². The average molecular weight is 309 g/mol. The molecular formula is C14H19N3O3S. The van der Waals surface area contributed by atoms with E-state index in [2.05, 4.69) is 16.4 Å². The van der Waals surface area contributed by atoms with E-state index in [4.69, 9.17) is 17.4 Å². The Bertz CT molecular complexity index is 673. The van der Waals surface area contributed by atoms with E-state index in [-0.39, 0.29) is 23.0 Å². The van der Waals surface area contributed by atoms with Crippen molar-refractivity contribution in [3.8, 4) is 12.3 Å². The lowest BCUT2D eigenvalue weighted by Gasteiger charge is -2.19. The predicted molar refractivity (Wildman–Crippen MR) is 81.9 cm³/mol. The third-order valence-electron chi connectivity index (χ3n) is 2.90. The van der Waals surface area contributed by atoms with Gasteiger partial charge >= 0.3 is 0 Å². The van der Waals surface area contributed by atoms with Crippen LogP contribution in [0.5, 0.6) is 0 Å². The number of oxime groups is 1. The summed E-state index contributed by atoms with van der Waals surface area (Å²) in [7, 11) is -3.48. The number of nitrogens with zero attached hydrogens (tertiary/aromatic N) is 1. The van der Waals surface area contributed by atoms with Crippen LogP contribution in [0.15, 0.2) is 34.3 Å². The largest absolute Gasteiger partial charge is 0.409 e. The fourth-order valence-electron chi connectivity index (χ4n) is 1.57. The molecule has 1 aromatic rings. The van der Waals surface area contributed by atoms with Crippen molar-refractivity contribution in [1.82, 2.24) is 5.32 Å². The first-order valence-corrected chi connectivity index (χ1v) is 7.90. The number of nitrogens with one attached hydrogen (secondary N) is 1. The second kappa shape index (κ2) is 6.61. The standard InChI is InChI=1S/C14H19N3O3S/c1-4-14(2,3)16-8-9-21(19,20)12-7-5-6-11(10-12)13(15)17-18/h1,5-7,10,16,18H,8-9H2,2-3H3,(H2,15,17). The molecule has 1 aromatic carbocycles. The quantitative estimate of drug-likeness (QED) is 0.234. The number of nitrogens with two attached hydrogens (primary N) is 1. The molecule has 7 heteroatoms. The van der Waals surface area contributed by atoms with Crippen LogP contribution in [0.3, 0.4) is 0 Å². The molecule has 0 aromatic heterocycles. The molecule has 4 N–H and O–H groups in total. The molecule has 0 unspecified atom stereocenters. The number of benzene rings is 1. The molecule has 0 saturated carbocycles. The zero-order valence-corrected chi connectivity index (χ0v) is 12.8. The van der Waals surface area contributed by atoms with Gasteiger partial charge in [-0.1, -0.05) is 23.2 Å². The minimum absolute atomic E-state index is 0.0995. The number of amidine groups is 1. The monoisotopic (exact) mass is 309 g/mol. The van der Waals surface area contributed by atoms with Gasteiger partial charge in [0, 0.05) is 12.1 Å². The molecule has 114 valence electrons. The first kappa shape index (κ1) is 17.0. The highest BCUT2D eigenvalue weighted by Gasteiger charge is 2.18. The van der Waals surface area contributed by atoms with Crippen LogP contribution in [0.1, 0.15) is 19.4 Å². The van der Waals surface area contributed by atoms with Crippen molar-refractivity contribution >= 4 is 15.7 Å². The average Bonchev–Trinajstić information content (AvgIpc) is 2.46. The van der Waals surface area contributed by atoms with Gasteiger partial charge in [-0.3, -0.25) is 0 Å². The maximum absolute atomic E-state index is 12.2. The Labute approximate surface area is 125 Å². The van der Waals surface area contributed by atoms with Gasteiger partial charge < -0.3 is 16.3 Å². The van der Waals surface area contributed by atoms with Crippen LogP contribution in [0.25, 0.3) is 0 Å². The number of hydrogen-bond donors (Lipinski definition) is 3. The zero-order chi connectivity index (χ0) is 16.1. The molecular weight excluding hydrogens is 290 g/mol. The maximum atomic E-state index is 12.2. The van der Waals surface area contributed by atoms with Gasteiger partial charge in [-0.25, -0.2) is 8.42 Å². The Morgan fingerprint density at radius 2 is 2.19 bits per heavy atom. The molecule has 0 bridgehead atoms. The van der Waals surface area contributed by atoms with Crippen molar-refractivity contribution in [2.75, 3.05) is 12.3 Å². The van der Waals surface area contributed by atoms with E-state index in [0.717, 1.165) is 0 Å². The van der Waals surface area contributed by atoms with E-state index in [1.54, 1.807) is 26.0 Å². The molecule has 0 amide bonds. The van der Waals surface area contributed by atoms with E-state index in [0.29, 0.717) is 5.56 Å². The Morgan fingerprint density at radius 3 is 2.76 bits per heavy atom. The smallest absolute Gasteiger partial charge is 0.179 e. The number of hydrogen-bond acceptors (Lipinski definition) is 5. The predicted octanol–water partition coefficient (Wildman–Crippen LogP) is 0.556. The highest BCUT2D eigenvalue weighted by molar-refractivity contribution is 7.91. The second-order valence-electron chi connectivity index (χ2n) is 5.03. The molecule has 6 nitrogen and oxygen atoms in total. The zero-order valence-electron chi connectivity index (χ0n) is 12.0. The van der Waals surface area contributed by atoms with Crippen molar-refractivity contribution < 1.29 is 13.6 Å². The molecule has 0 aliphatic rings. The Hall–Kier alpha value is -2.04. The SMILES string of the molecule is C#CC(C)(C)NCCS(=O)(=O)c1cccc(/C(N)=N/O)c1. The first-order valence-electron chi connectivity index (χ1n) is 6.25. The third-order valence-corrected chi connectivity index (χ3v) is 4.61. The summed E-state index contributed by atoms with van der Waals surface area (Å²) in [5.41, 5.74) is 5.23. The van der Waals surface area contributed by atoms with Gasteiger partial charge in [0.15, 0.2) is 15.7 Å². The van der Waals surface area contributed by atoms with Gasteiger partial charge in [-0.15, -0.1) is 6.42 Å². The normalized spacial score (nSPS) is 12.9. The van der Waals surface area contributed by atoms with E-state index in [9.17, 15) is 8.42 Å². The van der Waals surface area contributed by atoms with Crippen molar-refractivity contribution in [2.24, 2.45) is 10.9 Å². The first-order chi connectivity index (χ1) is 9.72. The van der Waals surface area contributed by atoms with Crippen LogP contribution in [0.4, 0.5) is 0 Å². The summed E-state index contributed by atoms with van der Waals surface area (Å²) in [5.74, 6) is 2.29. The van der Waals surface area contributed by atoms with E-state index in [1.807, 2.05) is 0 Å². The Kier molecular flexibility index (Phi) is 5.35. The molecule has 0 radical (unpaired) electrons. The molecule has 1 rings (SSSR count). The second-order valence-corrected chi connectivity index (χ2v) is 7.14. The Morgan fingerprint density at radius 1 is 1.52 bits per heavy atom. The summed E-state index contributed by atoms with van der Waals surface area (Å²) < 4.78 is 24.5. The molecule has 0 aliphatic heterocycles. The molecule has 0 saturated heterocycles. The molecule has 0 heterocycles. The third kappa shape index (κ3) is 4.77. The lowest BCUT2D eigenvalue weighted by Crippen LogP contribution is -2.40. The summed E-state index contributed by atoms with van der Waals surface area (Å²) in [6, 6.07) is 5.94. The summed E-state index contributed by atoms with van der Waals surface area (Å²) >= 11 is 0. The molecule has 0 aliphatic carbocycles. The van der Waals surface area contributed by atoms with Crippen LogP contribution in [-0.2, 0) is 9.84 Å². The van der Waals surface area contributed by atoms with Crippen LogP contribution < -0.4 is 11.1 Å². The molecule has 0 fully saturated rings. The topological polar surface area (TPSA) is 105 Å². The lowest BCUT2D eigenvalue weighted by atomic mass is 10.1. The van der Waals surface area contributed by atoms with E-state index in [1.165, 1.54) is 12.1 Å². The van der Waals surface area contributed by atoms with Crippen LogP contribution >= 0.6 is 0 Å². The minimum Gasteiger partial charge on any atom is -0.409 e.